The predicted molar refractivity (Wildman–Crippen MR) is 133 cm³/mol. The number of hydrogen-bond acceptors (Lipinski definition) is 7. The first-order valence-corrected chi connectivity index (χ1v) is 13.0. The highest BCUT2D eigenvalue weighted by Crippen LogP contribution is 2.37. The molecule has 0 heterocycles. The Kier molecular flexibility index (Phi) is 8.74. The third kappa shape index (κ3) is 5.76. The fraction of sp³-hybridized carbons (Fsp3) is 0.458. The van der Waals surface area contributed by atoms with Gasteiger partial charge in [0.2, 0.25) is 5.91 Å². The van der Waals surface area contributed by atoms with Crippen LogP contribution in [0.1, 0.15) is 25.7 Å². The van der Waals surface area contributed by atoms with E-state index in [-0.39, 0.29) is 33.1 Å². The van der Waals surface area contributed by atoms with Gasteiger partial charge in [-0.2, -0.15) is 0 Å². The number of sulfonamides is 1. The minimum atomic E-state index is -4.28. The van der Waals surface area contributed by atoms with Crippen LogP contribution in [-0.2, 0) is 14.8 Å². The molecule has 2 aromatic rings. The van der Waals surface area contributed by atoms with E-state index in [2.05, 4.69) is 0 Å². The van der Waals surface area contributed by atoms with Crippen LogP contribution in [0, 0.1) is 0 Å². The van der Waals surface area contributed by atoms with Gasteiger partial charge in [-0.25, -0.2) is 8.42 Å². The predicted octanol–water partition coefficient (Wildman–Crippen LogP) is 3.32. The smallest absolute Gasteiger partial charge is 0.265 e. The lowest BCUT2D eigenvalue weighted by molar-refractivity contribution is -0.133. The molecule has 2 unspecified atom stereocenters. The summed E-state index contributed by atoms with van der Waals surface area (Å²) in [7, 11) is 1.55. The Labute approximate surface area is 211 Å². The van der Waals surface area contributed by atoms with Gasteiger partial charge in [0.1, 0.15) is 12.3 Å². The highest BCUT2D eigenvalue weighted by Gasteiger charge is 2.35. The number of rotatable bonds is 9. The molecule has 0 aromatic heterocycles. The molecule has 0 bridgehead atoms. The molecule has 3 rings (SSSR count). The monoisotopic (exact) mass is 526 g/mol. The Balaban J connectivity index is 2.07. The molecule has 1 aliphatic carbocycles. The summed E-state index contributed by atoms with van der Waals surface area (Å²) in [6.07, 6.45) is 2.35. The number of halogens is 1. The Bertz CT molecular complexity index is 1160. The molecule has 0 radical (unpaired) electrons. The second kappa shape index (κ2) is 11.4. The van der Waals surface area contributed by atoms with Gasteiger partial charge in [0, 0.05) is 18.1 Å². The molecule has 0 saturated heterocycles. The average Bonchev–Trinajstić information content (AvgIpc) is 2.86. The van der Waals surface area contributed by atoms with Gasteiger partial charge in [-0.3, -0.25) is 9.10 Å². The van der Waals surface area contributed by atoms with Crippen LogP contribution >= 0.6 is 11.6 Å². The molecule has 0 spiro atoms. The number of amides is 1. The van der Waals surface area contributed by atoms with E-state index in [9.17, 15) is 18.3 Å². The van der Waals surface area contributed by atoms with Crippen LogP contribution in [0.3, 0.4) is 0 Å². The lowest BCUT2D eigenvalue weighted by Gasteiger charge is -2.36. The van der Waals surface area contributed by atoms with E-state index >= 15 is 0 Å². The molecule has 1 amide bonds. The SMILES string of the molecule is COc1ccc(S(=O)(=O)N(CC(=O)N(C)C2CCCCC2O)c2cc(Cl)ccc2OC)cc1OC. The molecule has 1 fully saturated rings. The van der Waals surface area contributed by atoms with Crippen LogP contribution in [-0.4, -0.2) is 71.4 Å². The van der Waals surface area contributed by atoms with Crippen molar-refractivity contribution in [2.45, 2.75) is 42.7 Å². The normalized spacial score (nSPS) is 18.0. The number of carbonyl (C=O) groups excluding carboxylic acids is 1. The Hall–Kier alpha value is -2.69. The maximum atomic E-state index is 13.9. The number of carbonyl (C=O) groups is 1. The van der Waals surface area contributed by atoms with E-state index in [1.54, 1.807) is 13.1 Å². The molecular formula is C24H31ClN2O7S. The first-order chi connectivity index (χ1) is 16.6. The number of nitrogens with zero attached hydrogens (tertiary/aromatic N) is 2. The Morgan fingerprint density at radius 2 is 1.63 bits per heavy atom. The van der Waals surface area contributed by atoms with Crippen molar-refractivity contribution in [3.63, 3.8) is 0 Å². The minimum Gasteiger partial charge on any atom is -0.495 e. The quantitative estimate of drug-likeness (QED) is 0.534. The van der Waals surface area contributed by atoms with Crippen LogP contribution in [0.4, 0.5) is 5.69 Å². The topological polar surface area (TPSA) is 106 Å². The zero-order valence-electron chi connectivity index (χ0n) is 20.2. The van der Waals surface area contributed by atoms with Crippen LogP contribution in [0.2, 0.25) is 5.02 Å². The van der Waals surface area contributed by atoms with Gasteiger partial charge in [0.25, 0.3) is 10.0 Å². The molecule has 2 atom stereocenters. The first-order valence-electron chi connectivity index (χ1n) is 11.2. The molecule has 11 heteroatoms. The number of likely N-dealkylation sites (N-methyl/N-ethyl adjacent to an activating group) is 1. The fourth-order valence-electron chi connectivity index (χ4n) is 4.22. The van der Waals surface area contributed by atoms with Gasteiger partial charge >= 0.3 is 0 Å². The summed E-state index contributed by atoms with van der Waals surface area (Å²) >= 11 is 6.20. The summed E-state index contributed by atoms with van der Waals surface area (Å²) in [4.78, 5) is 14.7. The average molecular weight is 527 g/mol. The maximum absolute atomic E-state index is 13.9. The largest absolute Gasteiger partial charge is 0.495 e. The molecule has 1 N–H and O–H groups in total. The lowest BCUT2D eigenvalue weighted by atomic mass is 9.91. The van der Waals surface area contributed by atoms with Crippen molar-refractivity contribution < 1.29 is 32.5 Å². The van der Waals surface area contributed by atoms with Crippen molar-refractivity contribution in [2.75, 3.05) is 39.2 Å². The molecule has 0 aliphatic heterocycles. The third-order valence-corrected chi connectivity index (χ3v) is 8.21. The van der Waals surface area contributed by atoms with E-state index in [0.717, 1.165) is 17.1 Å². The van der Waals surface area contributed by atoms with Gasteiger partial charge in [0.15, 0.2) is 11.5 Å². The van der Waals surface area contributed by atoms with E-state index in [4.69, 9.17) is 25.8 Å². The van der Waals surface area contributed by atoms with Crippen LogP contribution < -0.4 is 18.5 Å². The summed E-state index contributed by atoms with van der Waals surface area (Å²) in [5, 5.41) is 10.7. The van der Waals surface area contributed by atoms with Gasteiger partial charge in [0.05, 0.1) is 44.1 Å². The van der Waals surface area contributed by atoms with Crippen LogP contribution in [0.25, 0.3) is 0 Å². The van der Waals surface area contributed by atoms with Gasteiger partial charge in [-0.1, -0.05) is 24.4 Å². The molecule has 35 heavy (non-hydrogen) atoms. The van der Waals surface area contributed by atoms with Gasteiger partial charge in [-0.05, 0) is 43.2 Å². The molecule has 2 aromatic carbocycles. The lowest BCUT2D eigenvalue weighted by Crippen LogP contribution is -2.50. The molecular weight excluding hydrogens is 496 g/mol. The second-order valence-electron chi connectivity index (χ2n) is 8.27. The third-order valence-electron chi connectivity index (χ3n) is 6.22. The van der Waals surface area contributed by atoms with Crippen molar-refractivity contribution in [3.8, 4) is 17.2 Å². The summed E-state index contributed by atoms with van der Waals surface area (Å²) < 4.78 is 44.6. The number of benzene rings is 2. The Morgan fingerprint density at radius 1 is 1.00 bits per heavy atom. The van der Waals surface area contributed by atoms with Crippen molar-refractivity contribution in [3.05, 3.63) is 41.4 Å². The molecule has 192 valence electrons. The van der Waals surface area contributed by atoms with Crippen LogP contribution in [0.5, 0.6) is 17.2 Å². The fourth-order valence-corrected chi connectivity index (χ4v) is 5.82. The zero-order chi connectivity index (χ0) is 25.8. The number of ether oxygens (including phenoxy) is 3. The minimum absolute atomic E-state index is 0.106. The first kappa shape index (κ1) is 26.9. The molecule has 1 saturated carbocycles. The number of anilines is 1. The summed E-state index contributed by atoms with van der Waals surface area (Å²) in [5.74, 6) is 0.342. The maximum Gasteiger partial charge on any atom is 0.265 e. The zero-order valence-corrected chi connectivity index (χ0v) is 21.8. The number of aliphatic hydroxyl groups is 1. The Morgan fingerprint density at radius 3 is 2.26 bits per heavy atom. The van der Waals surface area contributed by atoms with E-state index in [1.165, 1.54) is 56.6 Å². The standard InChI is InChI=1S/C24H31ClN2O7S/c1-26(18-7-5-6-8-20(18)28)24(29)15-27(19-13-16(25)9-11-21(19)32-2)35(30,31)17-10-12-22(33-3)23(14-17)34-4/h9-14,18,20,28H,5-8,15H2,1-4H3. The molecule has 9 nitrogen and oxygen atoms in total. The number of methoxy groups -OCH3 is 3. The summed E-state index contributed by atoms with van der Waals surface area (Å²) in [6, 6.07) is 8.33. The van der Waals surface area contributed by atoms with Crippen molar-refractivity contribution in [2.24, 2.45) is 0 Å². The van der Waals surface area contributed by atoms with Crippen LogP contribution in [0.15, 0.2) is 41.3 Å². The highest BCUT2D eigenvalue weighted by atomic mass is 35.5. The number of hydrogen-bond donors (Lipinski definition) is 1. The second-order valence-corrected chi connectivity index (χ2v) is 10.6. The van der Waals surface area contributed by atoms with Crippen molar-refractivity contribution in [1.29, 1.82) is 0 Å². The number of aliphatic hydroxyl groups excluding tert-OH is 1. The van der Waals surface area contributed by atoms with E-state index < -0.39 is 28.6 Å². The van der Waals surface area contributed by atoms with Crippen molar-refractivity contribution >= 4 is 33.2 Å². The van der Waals surface area contributed by atoms with Crippen molar-refractivity contribution in [1.82, 2.24) is 4.90 Å². The highest BCUT2D eigenvalue weighted by molar-refractivity contribution is 7.92. The summed E-state index contributed by atoms with van der Waals surface area (Å²) in [6.45, 7) is -0.521. The van der Waals surface area contributed by atoms with Gasteiger partial charge < -0.3 is 24.2 Å². The van der Waals surface area contributed by atoms with Gasteiger partial charge in [-0.15, -0.1) is 0 Å². The molecule has 1 aliphatic rings. The summed E-state index contributed by atoms with van der Waals surface area (Å²) in [5.41, 5.74) is 0.112. The van der Waals surface area contributed by atoms with E-state index in [1.807, 2.05) is 0 Å². The van der Waals surface area contributed by atoms with E-state index in [0.29, 0.717) is 18.6 Å².